The number of carbonyl (C=O) groups is 1. The fraction of sp³-hybridized carbons (Fsp3) is 0.467. The molecule has 0 saturated carbocycles. The smallest absolute Gasteiger partial charge is 0.339 e. The van der Waals surface area contributed by atoms with Crippen LogP contribution in [0.15, 0.2) is 18.5 Å². The Morgan fingerprint density at radius 3 is 2.86 bits per heavy atom. The van der Waals surface area contributed by atoms with Gasteiger partial charge in [-0.3, -0.25) is 0 Å². The molecule has 0 bridgehead atoms. The number of ether oxygens (including phenoxy) is 2. The van der Waals surface area contributed by atoms with E-state index in [2.05, 4.69) is 18.8 Å². The largest absolute Gasteiger partial charge is 0.496 e. The van der Waals surface area contributed by atoms with E-state index < -0.39 is 5.97 Å². The minimum absolute atomic E-state index is 0.0169. The van der Waals surface area contributed by atoms with Gasteiger partial charge in [-0.2, -0.15) is 0 Å². The Morgan fingerprint density at radius 1 is 1.52 bits per heavy atom. The molecule has 1 aromatic carbocycles. The number of benzene rings is 1. The summed E-state index contributed by atoms with van der Waals surface area (Å²) in [4.78, 5) is 15.7. The van der Waals surface area contributed by atoms with Crippen LogP contribution < -0.4 is 4.74 Å². The van der Waals surface area contributed by atoms with Crippen LogP contribution in [0.1, 0.15) is 30.2 Å². The molecule has 0 spiro atoms. The average Bonchev–Trinajstić information content (AvgIpc) is 2.98. The van der Waals surface area contributed by atoms with Gasteiger partial charge in [0.15, 0.2) is 0 Å². The predicted octanol–water partition coefficient (Wildman–Crippen LogP) is 2.34. The standard InChI is InChI=1S/C15H18N2O4/c1-15(2)7-21-6-13(15)17-8-16-10-5-12(20-3)9(14(18)19)4-11(10)17/h4-5,8,13H,6-7H2,1-3H3,(H,18,19)/t13-/m1/s1. The predicted molar refractivity (Wildman–Crippen MR) is 76.9 cm³/mol. The molecule has 6 nitrogen and oxygen atoms in total. The molecule has 2 aromatic rings. The maximum Gasteiger partial charge on any atom is 0.339 e. The van der Waals surface area contributed by atoms with Crippen molar-refractivity contribution in [2.75, 3.05) is 20.3 Å². The van der Waals surface area contributed by atoms with Gasteiger partial charge >= 0.3 is 5.97 Å². The summed E-state index contributed by atoms with van der Waals surface area (Å²) in [6.45, 7) is 5.56. The molecule has 0 radical (unpaired) electrons. The van der Waals surface area contributed by atoms with Gasteiger partial charge in [-0.25, -0.2) is 9.78 Å². The Bertz CT molecular complexity index is 705. The lowest BCUT2D eigenvalue weighted by Crippen LogP contribution is -2.24. The van der Waals surface area contributed by atoms with Gasteiger partial charge in [-0.15, -0.1) is 0 Å². The van der Waals surface area contributed by atoms with Crippen molar-refractivity contribution in [1.82, 2.24) is 9.55 Å². The third-order valence-corrected chi connectivity index (χ3v) is 4.11. The molecular formula is C15H18N2O4. The molecule has 2 heterocycles. The van der Waals surface area contributed by atoms with Gasteiger partial charge in [-0.05, 0) is 6.07 Å². The number of carboxylic acid groups (broad SMARTS) is 1. The molecule has 21 heavy (non-hydrogen) atoms. The molecule has 1 N–H and O–H groups in total. The van der Waals surface area contributed by atoms with Crippen LogP contribution >= 0.6 is 0 Å². The number of nitrogens with zero attached hydrogens (tertiary/aromatic N) is 2. The molecule has 0 unspecified atom stereocenters. The number of rotatable bonds is 3. The molecule has 0 amide bonds. The second-order valence-electron chi connectivity index (χ2n) is 6.02. The highest BCUT2D eigenvalue weighted by Gasteiger charge is 2.37. The molecule has 1 aromatic heterocycles. The molecule has 1 aliphatic heterocycles. The molecule has 112 valence electrons. The van der Waals surface area contributed by atoms with Crippen LogP contribution in [0.5, 0.6) is 5.75 Å². The number of hydrogen-bond donors (Lipinski definition) is 1. The zero-order valence-electron chi connectivity index (χ0n) is 12.3. The molecule has 0 aliphatic carbocycles. The molecular weight excluding hydrogens is 272 g/mol. The number of carboxylic acids is 1. The van der Waals surface area contributed by atoms with Crippen LogP contribution in [0.25, 0.3) is 11.0 Å². The highest BCUT2D eigenvalue weighted by atomic mass is 16.5. The molecule has 1 aliphatic rings. The van der Waals surface area contributed by atoms with Gasteiger partial charge in [0.25, 0.3) is 0 Å². The van der Waals surface area contributed by atoms with Gasteiger partial charge in [-0.1, -0.05) is 13.8 Å². The van der Waals surface area contributed by atoms with Crippen molar-refractivity contribution in [3.8, 4) is 5.75 Å². The topological polar surface area (TPSA) is 73.6 Å². The Hall–Kier alpha value is -2.08. The number of aromatic nitrogens is 2. The maximum atomic E-state index is 11.4. The normalized spacial score (nSPS) is 20.8. The van der Waals surface area contributed by atoms with E-state index in [0.717, 1.165) is 11.0 Å². The lowest BCUT2D eigenvalue weighted by Gasteiger charge is -2.26. The first-order chi connectivity index (χ1) is 9.94. The van der Waals surface area contributed by atoms with Crippen LogP contribution in [-0.2, 0) is 4.74 Å². The minimum atomic E-state index is -1.01. The van der Waals surface area contributed by atoms with Crippen molar-refractivity contribution >= 4 is 17.0 Å². The van der Waals surface area contributed by atoms with Crippen LogP contribution in [0.4, 0.5) is 0 Å². The monoisotopic (exact) mass is 290 g/mol. The van der Waals surface area contributed by atoms with Crippen LogP contribution in [-0.4, -0.2) is 41.0 Å². The van der Waals surface area contributed by atoms with Crippen molar-refractivity contribution in [2.24, 2.45) is 5.41 Å². The van der Waals surface area contributed by atoms with E-state index in [-0.39, 0.29) is 17.0 Å². The first-order valence-corrected chi connectivity index (χ1v) is 6.79. The van der Waals surface area contributed by atoms with Crippen LogP contribution in [0.3, 0.4) is 0 Å². The highest BCUT2D eigenvalue weighted by molar-refractivity contribution is 5.96. The van der Waals surface area contributed by atoms with E-state index in [1.54, 1.807) is 18.5 Å². The molecule has 1 saturated heterocycles. The van der Waals surface area contributed by atoms with Gasteiger partial charge in [0.05, 0.1) is 43.7 Å². The van der Waals surface area contributed by atoms with Gasteiger partial charge < -0.3 is 19.1 Å². The summed E-state index contributed by atoms with van der Waals surface area (Å²) >= 11 is 0. The van der Waals surface area contributed by atoms with E-state index in [4.69, 9.17) is 9.47 Å². The molecule has 3 rings (SSSR count). The SMILES string of the molecule is COc1cc2ncn([C@@H]3COCC3(C)C)c2cc1C(=O)O. The quantitative estimate of drug-likeness (QED) is 0.939. The number of fused-ring (bicyclic) bond motifs is 1. The van der Waals surface area contributed by atoms with Gasteiger partial charge in [0.2, 0.25) is 0 Å². The summed E-state index contributed by atoms with van der Waals surface area (Å²) in [7, 11) is 1.46. The van der Waals surface area contributed by atoms with Crippen molar-refractivity contribution in [3.63, 3.8) is 0 Å². The van der Waals surface area contributed by atoms with Crippen molar-refractivity contribution < 1.29 is 19.4 Å². The van der Waals surface area contributed by atoms with Crippen LogP contribution in [0, 0.1) is 5.41 Å². The summed E-state index contributed by atoms with van der Waals surface area (Å²) in [6.07, 6.45) is 1.75. The Balaban J connectivity index is 2.17. The fourth-order valence-corrected chi connectivity index (χ4v) is 2.85. The summed E-state index contributed by atoms with van der Waals surface area (Å²) in [5, 5.41) is 9.32. The van der Waals surface area contributed by atoms with E-state index in [9.17, 15) is 9.90 Å². The minimum Gasteiger partial charge on any atom is -0.496 e. The molecule has 1 atom stereocenters. The lowest BCUT2D eigenvalue weighted by molar-refractivity contribution is 0.0693. The second kappa shape index (κ2) is 4.73. The Labute approximate surface area is 122 Å². The third-order valence-electron chi connectivity index (χ3n) is 4.11. The molecule has 1 fully saturated rings. The van der Waals surface area contributed by atoms with E-state index in [1.807, 2.05) is 4.57 Å². The van der Waals surface area contributed by atoms with Crippen molar-refractivity contribution in [3.05, 3.63) is 24.0 Å². The van der Waals surface area contributed by atoms with Crippen molar-refractivity contribution in [2.45, 2.75) is 19.9 Å². The summed E-state index contributed by atoms with van der Waals surface area (Å²) in [6, 6.07) is 3.42. The van der Waals surface area contributed by atoms with E-state index in [0.29, 0.717) is 19.0 Å². The number of aromatic carboxylic acids is 1. The number of methoxy groups -OCH3 is 1. The highest BCUT2D eigenvalue weighted by Crippen LogP contribution is 2.39. The first-order valence-electron chi connectivity index (χ1n) is 6.79. The summed E-state index contributed by atoms with van der Waals surface area (Å²) in [5.41, 5.74) is 1.64. The number of hydrogen-bond acceptors (Lipinski definition) is 4. The lowest BCUT2D eigenvalue weighted by atomic mass is 9.87. The zero-order valence-corrected chi connectivity index (χ0v) is 12.3. The van der Waals surface area contributed by atoms with Gasteiger partial charge in [0, 0.05) is 11.5 Å². The first kappa shape index (κ1) is 13.9. The summed E-state index contributed by atoms with van der Waals surface area (Å²) in [5.74, 6) is -0.689. The summed E-state index contributed by atoms with van der Waals surface area (Å²) < 4.78 is 12.7. The second-order valence-corrected chi connectivity index (χ2v) is 6.02. The number of imidazole rings is 1. The average molecular weight is 290 g/mol. The van der Waals surface area contributed by atoms with E-state index in [1.165, 1.54) is 7.11 Å². The van der Waals surface area contributed by atoms with Crippen LogP contribution in [0.2, 0.25) is 0 Å². The van der Waals surface area contributed by atoms with Gasteiger partial charge in [0.1, 0.15) is 11.3 Å². The van der Waals surface area contributed by atoms with Crippen molar-refractivity contribution in [1.29, 1.82) is 0 Å². The van der Waals surface area contributed by atoms with E-state index >= 15 is 0 Å². The molecule has 6 heteroatoms. The Kier molecular flexibility index (Phi) is 3.13. The Morgan fingerprint density at radius 2 is 2.29 bits per heavy atom. The zero-order chi connectivity index (χ0) is 15.2. The third kappa shape index (κ3) is 2.15. The maximum absolute atomic E-state index is 11.4. The fourth-order valence-electron chi connectivity index (χ4n) is 2.85.